The molecule has 0 saturated heterocycles. The quantitative estimate of drug-likeness (QED) is 0.874. The van der Waals surface area contributed by atoms with E-state index in [0.717, 1.165) is 18.8 Å². The molecule has 1 aromatic rings. The molecule has 0 spiro atoms. The smallest absolute Gasteiger partial charge is 0.122 e. The van der Waals surface area contributed by atoms with Gasteiger partial charge in [-0.3, -0.25) is 0 Å². The van der Waals surface area contributed by atoms with Gasteiger partial charge < -0.3 is 15.4 Å². The minimum absolute atomic E-state index is 0. The van der Waals surface area contributed by atoms with Gasteiger partial charge in [-0.1, -0.05) is 26.0 Å². The third-order valence-corrected chi connectivity index (χ3v) is 3.18. The molecule has 0 unspecified atom stereocenters. The van der Waals surface area contributed by atoms with Crippen LogP contribution in [0.5, 0.6) is 5.75 Å². The van der Waals surface area contributed by atoms with E-state index in [2.05, 4.69) is 50.9 Å². The average molecular weight is 287 g/mol. The predicted molar refractivity (Wildman–Crippen MR) is 84.1 cm³/mol. The van der Waals surface area contributed by atoms with Gasteiger partial charge in [0.1, 0.15) is 5.75 Å². The molecule has 0 aliphatic heterocycles. The van der Waals surface area contributed by atoms with Crippen LogP contribution >= 0.6 is 12.4 Å². The Morgan fingerprint density at radius 1 is 1.32 bits per heavy atom. The zero-order valence-corrected chi connectivity index (χ0v) is 13.5. The molecule has 1 aromatic carbocycles. The largest absolute Gasteiger partial charge is 0.496 e. The molecule has 0 bridgehead atoms. The SMILES string of the molecule is COc1cc(CN(C)CC(C)(C)CN)ccc1C.Cl. The third kappa shape index (κ3) is 5.81. The van der Waals surface area contributed by atoms with Gasteiger partial charge in [0.05, 0.1) is 7.11 Å². The molecular formula is C15H27ClN2O. The second kappa shape index (κ2) is 7.73. The Balaban J connectivity index is 0.00000324. The van der Waals surface area contributed by atoms with Gasteiger partial charge in [-0.2, -0.15) is 0 Å². The van der Waals surface area contributed by atoms with Crippen molar-refractivity contribution in [2.75, 3.05) is 27.2 Å². The summed E-state index contributed by atoms with van der Waals surface area (Å²) in [5.74, 6) is 0.957. The van der Waals surface area contributed by atoms with Crippen molar-refractivity contribution in [2.24, 2.45) is 11.1 Å². The third-order valence-electron chi connectivity index (χ3n) is 3.18. The Hall–Kier alpha value is -0.770. The lowest BCUT2D eigenvalue weighted by Gasteiger charge is -2.29. The Kier molecular flexibility index (Phi) is 7.42. The van der Waals surface area contributed by atoms with Crippen LogP contribution in [-0.2, 0) is 6.54 Å². The van der Waals surface area contributed by atoms with E-state index in [-0.39, 0.29) is 17.8 Å². The highest BCUT2D eigenvalue weighted by molar-refractivity contribution is 5.85. The molecule has 1 rings (SSSR count). The summed E-state index contributed by atoms with van der Waals surface area (Å²) in [4.78, 5) is 2.30. The summed E-state index contributed by atoms with van der Waals surface area (Å²) in [5, 5.41) is 0. The number of hydrogen-bond acceptors (Lipinski definition) is 3. The van der Waals surface area contributed by atoms with E-state index < -0.39 is 0 Å². The van der Waals surface area contributed by atoms with Gasteiger partial charge in [-0.15, -0.1) is 12.4 Å². The van der Waals surface area contributed by atoms with Crippen molar-refractivity contribution in [2.45, 2.75) is 27.3 Å². The number of ether oxygens (including phenoxy) is 1. The second-order valence-corrected chi connectivity index (χ2v) is 5.84. The van der Waals surface area contributed by atoms with Crippen LogP contribution in [0.4, 0.5) is 0 Å². The molecule has 0 radical (unpaired) electrons. The minimum Gasteiger partial charge on any atom is -0.496 e. The van der Waals surface area contributed by atoms with Gasteiger partial charge >= 0.3 is 0 Å². The number of methoxy groups -OCH3 is 1. The van der Waals surface area contributed by atoms with Crippen molar-refractivity contribution in [3.8, 4) is 5.75 Å². The zero-order chi connectivity index (χ0) is 13.8. The van der Waals surface area contributed by atoms with Crippen molar-refractivity contribution >= 4 is 12.4 Å². The predicted octanol–water partition coefficient (Wildman–Crippen LogP) is 2.84. The lowest BCUT2D eigenvalue weighted by atomic mass is 9.93. The monoisotopic (exact) mass is 286 g/mol. The summed E-state index contributed by atoms with van der Waals surface area (Å²) in [6.07, 6.45) is 0. The highest BCUT2D eigenvalue weighted by Gasteiger charge is 2.18. The molecule has 0 heterocycles. The van der Waals surface area contributed by atoms with Crippen LogP contribution in [0.2, 0.25) is 0 Å². The lowest BCUT2D eigenvalue weighted by molar-refractivity contribution is 0.209. The molecule has 2 N–H and O–H groups in total. The maximum Gasteiger partial charge on any atom is 0.122 e. The van der Waals surface area contributed by atoms with Crippen molar-refractivity contribution < 1.29 is 4.74 Å². The van der Waals surface area contributed by atoms with Gasteiger partial charge in [0, 0.05) is 13.1 Å². The molecule has 0 fully saturated rings. The van der Waals surface area contributed by atoms with Crippen molar-refractivity contribution in [3.05, 3.63) is 29.3 Å². The second-order valence-electron chi connectivity index (χ2n) is 5.84. The summed E-state index contributed by atoms with van der Waals surface area (Å²) in [7, 11) is 3.84. The first-order valence-electron chi connectivity index (χ1n) is 6.40. The Morgan fingerprint density at radius 2 is 1.95 bits per heavy atom. The zero-order valence-electron chi connectivity index (χ0n) is 12.7. The number of rotatable bonds is 6. The van der Waals surface area contributed by atoms with Crippen LogP contribution < -0.4 is 10.5 Å². The molecule has 0 aliphatic carbocycles. The van der Waals surface area contributed by atoms with E-state index in [9.17, 15) is 0 Å². The summed E-state index contributed by atoms with van der Waals surface area (Å²) >= 11 is 0. The van der Waals surface area contributed by atoms with E-state index in [0.29, 0.717) is 6.54 Å². The van der Waals surface area contributed by atoms with Crippen molar-refractivity contribution in [1.82, 2.24) is 4.90 Å². The number of aryl methyl sites for hydroxylation is 1. The lowest BCUT2D eigenvalue weighted by Crippen LogP contribution is -2.36. The van der Waals surface area contributed by atoms with E-state index in [1.165, 1.54) is 11.1 Å². The van der Waals surface area contributed by atoms with Gasteiger partial charge in [-0.25, -0.2) is 0 Å². The molecular weight excluding hydrogens is 260 g/mol. The van der Waals surface area contributed by atoms with E-state index in [4.69, 9.17) is 10.5 Å². The maximum atomic E-state index is 5.77. The first-order chi connectivity index (χ1) is 8.38. The molecule has 19 heavy (non-hydrogen) atoms. The number of nitrogens with two attached hydrogens (primary N) is 1. The van der Waals surface area contributed by atoms with E-state index in [1.807, 2.05) is 0 Å². The molecule has 0 amide bonds. The van der Waals surface area contributed by atoms with Crippen LogP contribution in [0.3, 0.4) is 0 Å². The van der Waals surface area contributed by atoms with Gasteiger partial charge in [0.15, 0.2) is 0 Å². The van der Waals surface area contributed by atoms with Crippen LogP contribution in [0.25, 0.3) is 0 Å². The minimum atomic E-state index is 0. The normalized spacial score (nSPS) is 11.3. The number of benzene rings is 1. The van der Waals surface area contributed by atoms with Crippen LogP contribution in [0, 0.1) is 12.3 Å². The number of nitrogens with zero attached hydrogens (tertiary/aromatic N) is 1. The van der Waals surface area contributed by atoms with Crippen molar-refractivity contribution in [1.29, 1.82) is 0 Å². The molecule has 0 atom stereocenters. The van der Waals surface area contributed by atoms with Gasteiger partial charge in [0.2, 0.25) is 0 Å². The molecule has 0 saturated carbocycles. The summed E-state index contributed by atoms with van der Waals surface area (Å²) in [6.45, 7) is 9.05. The van der Waals surface area contributed by atoms with E-state index >= 15 is 0 Å². The standard InChI is InChI=1S/C15H26N2O.ClH/c1-12-6-7-13(8-14(12)18-5)9-17(4)11-15(2,3)10-16;/h6-8H,9-11,16H2,1-5H3;1H. The van der Waals surface area contributed by atoms with Gasteiger partial charge in [0.25, 0.3) is 0 Å². The van der Waals surface area contributed by atoms with Crippen LogP contribution in [-0.4, -0.2) is 32.1 Å². The summed E-state index contributed by atoms with van der Waals surface area (Å²) in [5.41, 5.74) is 8.37. The molecule has 0 aromatic heterocycles. The molecule has 0 aliphatic rings. The highest BCUT2D eigenvalue weighted by atomic mass is 35.5. The fourth-order valence-corrected chi connectivity index (χ4v) is 2.13. The summed E-state index contributed by atoms with van der Waals surface area (Å²) in [6, 6.07) is 6.38. The summed E-state index contributed by atoms with van der Waals surface area (Å²) < 4.78 is 5.35. The van der Waals surface area contributed by atoms with Gasteiger partial charge in [-0.05, 0) is 43.1 Å². The van der Waals surface area contributed by atoms with E-state index in [1.54, 1.807) is 7.11 Å². The number of halogens is 1. The fourth-order valence-electron chi connectivity index (χ4n) is 2.13. The first-order valence-corrected chi connectivity index (χ1v) is 6.40. The van der Waals surface area contributed by atoms with Crippen LogP contribution in [0.15, 0.2) is 18.2 Å². The van der Waals surface area contributed by atoms with Crippen LogP contribution in [0.1, 0.15) is 25.0 Å². The van der Waals surface area contributed by atoms with Crippen molar-refractivity contribution in [3.63, 3.8) is 0 Å². The fraction of sp³-hybridized carbons (Fsp3) is 0.600. The first kappa shape index (κ1) is 18.2. The molecule has 110 valence electrons. The Bertz CT molecular complexity index is 394. The Labute approximate surface area is 123 Å². The average Bonchev–Trinajstić information content (AvgIpc) is 2.31. The maximum absolute atomic E-state index is 5.77. The number of hydrogen-bond donors (Lipinski definition) is 1. The molecule has 3 nitrogen and oxygen atoms in total. The topological polar surface area (TPSA) is 38.5 Å². The molecule has 4 heteroatoms. The highest BCUT2D eigenvalue weighted by Crippen LogP contribution is 2.21. The Morgan fingerprint density at radius 3 is 2.47 bits per heavy atom.